The fourth-order valence-corrected chi connectivity index (χ4v) is 1.66. The maximum absolute atomic E-state index is 5.61. The minimum Gasteiger partial charge on any atom is -0.491 e. The maximum Gasteiger partial charge on any atom is 0.119 e. The lowest BCUT2D eigenvalue weighted by molar-refractivity contribution is 0.242. The average Bonchev–Trinajstić information content (AvgIpc) is 2.28. The summed E-state index contributed by atoms with van der Waals surface area (Å²) >= 11 is 0. The highest BCUT2D eigenvalue weighted by Crippen LogP contribution is 2.14. The Labute approximate surface area is 105 Å². The fourth-order valence-electron chi connectivity index (χ4n) is 1.66. The Kier molecular flexibility index (Phi) is 6.01. The monoisotopic (exact) mass is 236 g/mol. The van der Waals surface area contributed by atoms with E-state index >= 15 is 0 Å². The van der Waals surface area contributed by atoms with Crippen LogP contribution in [0.4, 0.5) is 0 Å². The quantitative estimate of drug-likeness (QED) is 0.786. The number of ether oxygens (including phenoxy) is 1. The summed E-state index contributed by atoms with van der Waals surface area (Å²) in [6.07, 6.45) is 1.29. The lowest BCUT2D eigenvalue weighted by Gasteiger charge is -2.15. The van der Waals surface area contributed by atoms with Gasteiger partial charge in [0.2, 0.25) is 0 Å². The van der Waals surface area contributed by atoms with Crippen molar-refractivity contribution in [2.75, 3.05) is 26.7 Å². The predicted octanol–water partition coefficient (Wildman–Crippen LogP) is 1.91. The molecule has 0 aromatic heterocycles. The molecule has 0 fully saturated rings. The van der Waals surface area contributed by atoms with Crippen LogP contribution in [0.15, 0.2) is 24.3 Å². The highest BCUT2D eigenvalue weighted by Gasteiger charge is 2.00. The molecule has 96 valence electrons. The number of hydrogen-bond acceptors (Lipinski definition) is 3. The van der Waals surface area contributed by atoms with Crippen LogP contribution in [0.2, 0.25) is 0 Å². The molecule has 17 heavy (non-hydrogen) atoms. The first-order valence-corrected chi connectivity index (χ1v) is 6.26. The maximum atomic E-state index is 5.61. The van der Waals surface area contributed by atoms with Gasteiger partial charge in [0.15, 0.2) is 0 Å². The molecule has 1 aromatic rings. The summed E-state index contributed by atoms with van der Waals surface area (Å²) in [5.74, 6) is 0.944. The highest BCUT2D eigenvalue weighted by molar-refractivity contribution is 5.27. The first-order valence-electron chi connectivity index (χ1n) is 6.26. The average molecular weight is 236 g/mol. The summed E-state index contributed by atoms with van der Waals surface area (Å²) in [4.78, 5) is 2.25. The third kappa shape index (κ3) is 5.71. The Hall–Kier alpha value is -1.06. The van der Waals surface area contributed by atoms with Crippen molar-refractivity contribution in [2.24, 2.45) is 5.73 Å². The van der Waals surface area contributed by atoms with Crippen molar-refractivity contribution >= 4 is 0 Å². The summed E-state index contributed by atoms with van der Waals surface area (Å²) in [5.41, 5.74) is 6.84. The molecule has 0 bridgehead atoms. The molecule has 3 heteroatoms. The molecule has 0 saturated heterocycles. The summed E-state index contributed by atoms with van der Waals surface area (Å²) < 4.78 is 5.61. The van der Waals surface area contributed by atoms with Gasteiger partial charge in [-0.15, -0.1) is 0 Å². The predicted molar refractivity (Wildman–Crippen MR) is 72.5 cm³/mol. The standard InChI is InChI=1S/C14H24N2O/c1-12(2)17-14-6-4-13(5-7-14)8-10-16(3)11-9-15/h4-7,12H,8-11,15H2,1-3H3. The number of hydrogen-bond donors (Lipinski definition) is 1. The van der Waals surface area contributed by atoms with Crippen LogP contribution in [-0.4, -0.2) is 37.7 Å². The van der Waals surface area contributed by atoms with E-state index in [0.717, 1.165) is 31.8 Å². The zero-order valence-electron chi connectivity index (χ0n) is 11.1. The van der Waals surface area contributed by atoms with Crippen LogP contribution in [0.25, 0.3) is 0 Å². The van der Waals surface area contributed by atoms with Crippen LogP contribution in [-0.2, 0) is 6.42 Å². The van der Waals surface area contributed by atoms with Crippen LogP contribution in [0.5, 0.6) is 5.75 Å². The zero-order valence-corrected chi connectivity index (χ0v) is 11.1. The molecule has 0 heterocycles. The van der Waals surface area contributed by atoms with Crippen LogP contribution in [0.3, 0.4) is 0 Å². The molecule has 0 amide bonds. The highest BCUT2D eigenvalue weighted by atomic mass is 16.5. The zero-order chi connectivity index (χ0) is 12.7. The van der Waals surface area contributed by atoms with Crippen molar-refractivity contribution in [3.8, 4) is 5.75 Å². The van der Waals surface area contributed by atoms with Crippen molar-refractivity contribution in [3.63, 3.8) is 0 Å². The topological polar surface area (TPSA) is 38.5 Å². The molecular formula is C14H24N2O. The second-order valence-corrected chi connectivity index (χ2v) is 4.65. The number of nitrogens with two attached hydrogens (primary N) is 1. The van der Waals surface area contributed by atoms with Crippen LogP contribution < -0.4 is 10.5 Å². The van der Waals surface area contributed by atoms with Crippen LogP contribution >= 0.6 is 0 Å². The molecule has 0 aliphatic heterocycles. The van der Waals surface area contributed by atoms with Gasteiger partial charge in [-0.3, -0.25) is 0 Å². The van der Waals surface area contributed by atoms with Gasteiger partial charge in [0.05, 0.1) is 6.10 Å². The van der Waals surface area contributed by atoms with Crippen molar-refractivity contribution in [2.45, 2.75) is 26.4 Å². The molecule has 0 unspecified atom stereocenters. The molecule has 3 nitrogen and oxygen atoms in total. The van der Waals surface area contributed by atoms with E-state index in [9.17, 15) is 0 Å². The van der Waals surface area contributed by atoms with Crippen molar-refractivity contribution in [3.05, 3.63) is 29.8 Å². The Balaban J connectivity index is 2.40. The number of rotatable bonds is 7. The van der Waals surface area contributed by atoms with Crippen LogP contribution in [0, 0.1) is 0 Å². The Morgan fingerprint density at radius 2 is 1.82 bits per heavy atom. The van der Waals surface area contributed by atoms with E-state index in [1.807, 2.05) is 26.0 Å². The Bertz CT molecular complexity index is 309. The van der Waals surface area contributed by atoms with E-state index in [2.05, 4.69) is 24.1 Å². The van der Waals surface area contributed by atoms with E-state index in [-0.39, 0.29) is 6.10 Å². The Morgan fingerprint density at radius 3 is 2.35 bits per heavy atom. The first-order chi connectivity index (χ1) is 8.11. The van der Waals surface area contributed by atoms with E-state index in [0.29, 0.717) is 0 Å². The molecule has 0 aliphatic rings. The summed E-state index contributed by atoms with van der Waals surface area (Å²) in [5, 5.41) is 0. The fraction of sp³-hybridized carbons (Fsp3) is 0.571. The lowest BCUT2D eigenvalue weighted by atomic mass is 10.1. The minimum absolute atomic E-state index is 0.233. The normalized spacial score (nSPS) is 11.2. The van der Waals surface area contributed by atoms with E-state index in [1.54, 1.807) is 0 Å². The third-order valence-corrected chi connectivity index (χ3v) is 2.59. The SMILES string of the molecule is CC(C)Oc1ccc(CCN(C)CCN)cc1. The molecule has 0 radical (unpaired) electrons. The molecule has 1 aromatic carbocycles. The first kappa shape index (κ1) is 14.0. The van der Waals surface area contributed by atoms with Crippen molar-refractivity contribution in [1.29, 1.82) is 0 Å². The third-order valence-electron chi connectivity index (χ3n) is 2.59. The smallest absolute Gasteiger partial charge is 0.119 e. The lowest BCUT2D eigenvalue weighted by Crippen LogP contribution is -2.27. The van der Waals surface area contributed by atoms with E-state index in [1.165, 1.54) is 5.56 Å². The largest absolute Gasteiger partial charge is 0.491 e. The van der Waals surface area contributed by atoms with Gasteiger partial charge in [-0.05, 0) is 45.0 Å². The number of nitrogens with zero attached hydrogens (tertiary/aromatic N) is 1. The van der Waals surface area contributed by atoms with Gasteiger partial charge in [-0.1, -0.05) is 12.1 Å². The van der Waals surface area contributed by atoms with Gasteiger partial charge < -0.3 is 15.4 Å². The summed E-state index contributed by atoms with van der Waals surface area (Å²) in [6, 6.07) is 8.35. The van der Waals surface area contributed by atoms with Crippen LogP contribution in [0.1, 0.15) is 19.4 Å². The van der Waals surface area contributed by atoms with E-state index < -0.39 is 0 Å². The second-order valence-electron chi connectivity index (χ2n) is 4.65. The van der Waals surface area contributed by atoms with Crippen molar-refractivity contribution < 1.29 is 4.74 Å². The van der Waals surface area contributed by atoms with Gasteiger partial charge in [-0.25, -0.2) is 0 Å². The van der Waals surface area contributed by atoms with Gasteiger partial charge in [0.1, 0.15) is 5.75 Å². The molecule has 0 saturated carbocycles. The van der Waals surface area contributed by atoms with Gasteiger partial charge in [0.25, 0.3) is 0 Å². The van der Waals surface area contributed by atoms with Crippen molar-refractivity contribution in [1.82, 2.24) is 4.90 Å². The summed E-state index contributed by atoms with van der Waals surface area (Å²) in [6.45, 7) is 6.79. The minimum atomic E-state index is 0.233. The summed E-state index contributed by atoms with van der Waals surface area (Å²) in [7, 11) is 2.10. The Morgan fingerprint density at radius 1 is 1.18 bits per heavy atom. The molecule has 0 spiro atoms. The molecule has 0 aliphatic carbocycles. The van der Waals surface area contributed by atoms with Gasteiger partial charge >= 0.3 is 0 Å². The molecule has 1 rings (SSSR count). The van der Waals surface area contributed by atoms with Gasteiger partial charge in [-0.2, -0.15) is 0 Å². The van der Waals surface area contributed by atoms with Gasteiger partial charge in [0, 0.05) is 19.6 Å². The molecule has 0 atom stereocenters. The molecule has 2 N–H and O–H groups in total. The number of likely N-dealkylation sites (N-methyl/N-ethyl adjacent to an activating group) is 1. The number of benzene rings is 1. The second kappa shape index (κ2) is 7.30. The molecular weight excluding hydrogens is 212 g/mol. The van der Waals surface area contributed by atoms with E-state index in [4.69, 9.17) is 10.5 Å².